The number of hydrogen-bond acceptors (Lipinski definition) is 8. The van der Waals surface area contributed by atoms with Crippen LogP contribution >= 0.6 is 22.9 Å². The van der Waals surface area contributed by atoms with Gasteiger partial charge in [-0.15, -0.1) is 11.3 Å². The second kappa shape index (κ2) is 11.2. The Hall–Kier alpha value is -3.09. The van der Waals surface area contributed by atoms with Crippen molar-refractivity contribution >= 4 is 52.4 Å². The average Bonchev–Trinajstić information content (AvgIpc) is 3.21. The van der Waals surface area contributed by atoms with Crippen molar-refractivity contribution in [2.24, 2.45) is 0 Å². The molecule has 0 radical (unpaired) electrons. The number of hydrogen-bond donors (Lipinski definition) is 4. The van der Waals surface area contributed by atoms with Gasteiger partial charge in [-0.1, -0.05) is 11.6 Å². The first-order chi connectivity index (χ1) is 15.8. The van der Waals surface area contributed by atoms with Crippen LogP contribution in [-0.4, -0.2) is 71.2 Å². The lowest BCUT2D eigenvalue weighted by Crippen LogP contribution is -2.53. The molecule has 13 heteroatoms. The quantitative estimate of drug-likeness (QED) is 0.402. The Labute approximate surface area is 199 Å². The first kappa shape index (κ1) is 24.6. The molecule has 0 aromatic carbocycles. The molecule has 4 amide bonds. The highest BCUT2D eigenvalue weighted by Crippen LogP contribution is 2.24. The number of anilines is 1. The molecule has 3 heterocycles. The fourth-order valence-electron chi connectivity index (χ4n) is 3.04. The van der Waals surface area contributed by atoms with Crippen LogP contribution in [0.15, 0.2) is 18.3 Å². The van der Waals surface area contributed by atoms with Crippen molar-refractivity contribution in [1.82, 2.24) is 30.8 Å². The molecule has 0 saturated carbocycles. The average molecular weight is 494 g/mol. The number of carbonyl (C=O) groups excluding carboxylic acids is 4. The summed E-state index contributed by atoms with van der Waals surface area (Å²) in [6, 6.07) is 1.86. The molecule has 1 aliphatic rings. The lowest BCUT2D eigenvalue weighted by molar-refractivity contribution is -0.136. The minimum atomic E-state index is -1.09. The zero-order valence-electron chi connectivity index (χ0n) is 18.1. The lowest BCUT2D eigenvalue weighted by atomic mass is 10.2. The summed E-state index contributed by atoms with van der Waals surface area (Å²) in [7, 11) is 2.00. The molecule has 1 atom stereocenters. The molecule has 0 saturated heterocycles. The summed E-state index contributed by atoms with van der Waals surface area (Å²) >= 11 is 7.02. The third kappa shape index (κ3) is 6.70. The Morgan fingerprint density at radius 2 is 2.00 bits per heavy atom. The van der Waals surface area contributed by atoms with E-state index in [1.54, 1.807) is 6.92 Å². The number of nitrogens with zero attached hydrogens (tertiary/aromatic N) is 3. The second-order valence-corrected chi connectivity index (χ2v) is 8.84. The maximum absolute atomic E-state index is 12.7. The van der Waals surface area contributed by atoms with Gasteiger partial charge in [0.1, 0.15) is 11.9 Å². The van der Waals surface area contributed by atoms with E-state index >= 15 is 0 Å². The van der Waals surface area contributed by atoms with Crippen LogP contribution < -0.4 is 21.3 Å². The number of fused-ring (bicyclic) bond motifs is 1. The largest absolute Gasteiger partial charge is 0.355 e. The highest BCUT2D eigenvalue weighted by Gasteiger charge is 2.26. The normalized spacial score (nSPS) is 14.0. The van der Waals surface area contributed by atoms with Crippen molar-refractivity contribution < 1.29 is 19.2 Å². The first-order valence-electron chi connectivity index (χ1n) is 10.2. The van der Waals surface area contributed by atoms with Gasteiger partial charge in [0.2, 0.25) is 5.91 Å². The van der Waals surface area contributed by atoms with Crippen LogP contribution in [0.1, 0.15) is 27.3 Å². The molecule has 0 spiro atoms. The molecule has 4 N–H and O–H groups in total. The van der Waals surface area contributed by atoms with Crippen LogP contribution in [0, 0.1) is 0 Å². The van der Waals surface area contributed by atoms with Gasteiger partial charge in [0.05, 0.1) is 10.7 Å². The van der Waals surface area contributed by atoms with Crippen LogP contribution in [0.2, 0.25) is 5.02 Å². The van der Waals surface area contributed by atoms with Gasteiger partial charge in [-0.25, -0.2) is 9.97 Å². The Morgan fingerprint density at radius 1 is 1.21 bits per heavy atom. The van der Waals surface area contributed by atoms with Crippen LogP contribution in [0.25, 0.3) is 0 Å². The fourth-order valence-corrected chi connectivity index (χ4v) is 4.25. The van der Waals surface area contributed by atoms with Crippen LogP contribution in [-0.2, 0) is 27.3 Å². The maximum Gasteiger partial charge on any atom is 0.314 e. The number of carbonyl (C=O) groups is 4. The maximum atomic E-state index is 12.7. The van der Waals surface area contributed by atoms with E-state index in [-0.39, 0.29) is 17.4 Å². The smallest absolute Gasteiger partial charge is 0.314 e. The van der Waals surface area contributed by atoms with Crippen molar-refractivity contribution in [3.63, 3.8) is 0 Å². The minimum Gasteiger partial charge on any atom is -0.355 e. The van der Waals surface area contributed by atoms with Crippen molar-refractivity contribution in [3.05, 3.63) is 38.9 Å². The third-order valence-electron chi connectivity index (χ3n) is 4.73. The van der Waals surface area contributed by atoms with E-state index < -0.39 is 29.7 Å². The van der Waals surface area contributed by atoms with Crippen molar-refractivity contribution in [2.75, 3.05) is 32.0 Å². The number of aromatic nitrogens is 2. The molecule has 3 rings (SSSR count). The standard InChI is InChI=1S/C20H24ClN7O4S/c1-3-22-16(29)13(9-24-17(30)18(31)27-15-5-4-11(21)8-23-15)25-19(32)20-26-12-6-7-28(2)10-14(12)33-20/h4-5,8,13H,3,6-7,9-10H2,1-2H3,(H,22,29)(H,24,30)(H,25,32)(H,23,27,31). The number of nitrogens with one attached hydrogen (secondary N) is 4. The monoisotopic (exact) mass is 493 g/mol. The van der Waals surface area contributed by atoms with Crippen molar-refractivity contribution in [1.29, 1.82) is 0 Å². The number of thiazole rings is 1. The van der Waals surface area contributed by atoms with Gasteiger partial charge in [0.15, 0.2) is 5.01 Å². The highest BCUT2D eigenvalue weighted by molar-refractivity contribution is 7.13. The van der Waals surface area contributed by atoms with Gasteiger partial charge in [-0.2, -0.15) is 0 Å². The zero-order chi connectivity index (χ0) is 24.0. The van der Waals surface area contributed by atoms with Gasteiger partial charge in [0, 0.05) is 43.7 Å². The van der Waals surface area contributed by atoms with Crippen LogP contribution in [0.4, 0.5) is 5.82 Å². The molecule has 2 aromatic heterocycles. The van der Waals surface area contributed by atoms with Crippen molar-refractivity contribution in [3.8, 4) is 0 Å². The van der Waals surface area contributed by atoms with E-state index in [4.69, 9.17) is 11.6 Å². The summed E-state index contributed by atoms with van der Waals surface area (Å²) in [5, 5.41) is 10.5. The number of pyridine rings is 1. The molecule has 176 valence electrons. The summed E-state index contributed by atoms with van der Waals surface area (Å²) in [5.74, 6) is -2.82. The van der Waals surface area contributed by atoms with E-state index in [9.17, 15) is 19.2 Å². The predicted octanol–water partition coefficient (Wildman–Crippen LogP) is 0.169. The Kier molecular flexibility index (Phi) is 8.31. The Balaban J connectivity index is 1.60. The van der Waals surface area contributed by atoms with E-state index in [0.29, 0.717) is 18.1 Å². The molecule has 0 bridgehead atoms. The number of rotatable bonds is 7. The minimum absolute atomic E-state index is 0.145. The van der Waals surface area contributed by atoms with E-state index in [0.717, 1.165) is 23.5 Å². The van der Waals surface area contributed by atoms with Crippen LogP contribution in [0.3, 0.4) is 0 Å². The van der Waals surface area contributed by atoms with E-state index in [1.807, 2.05) is 7.05 Å². The third-order valence-corrected chi connectivity index (χ3v) is 6.04. The summed E-state index contributed by atoms with van der Waals surface area (Å²) in [4.78, 5) is 60.9. The summed E-state index contributed by atoms with van der Waals surface area (Å²) in [6.07, 6.45) is 2.08. The van der Waals surface area contributed by atoms with Gasteiger partial charge in [-0.3, -0.25) is 19.2 Å². The second-order valence-electron chi connectivity index (χ2n) is 7.32. The molecule has 0 fully saturated rings. The topological polar surface area (TPSA) is 145 Å². The van der Waals surface area contributed by atoms with Gasteiger partial charge >= 0.3 is 11.8 Å². The Bertz CT molecular complexity index is 1040. The Morgan fingerprint density at radius 3 is 2.70 bits per heavy atom. The summed E-state index contributed by atoms with van der Waals surface area (Å²) in [6.45, 7) is 3.35. The molecule has 1 aliphatic heterocycles. The molecular weight excluding hydrogens is 470 g/mol. The summed E-state index contributed by atoms with van der Waals surface area (Å²) in [5.41, 5.74) is 0.888. The van der Waals surface area contributed by atoms with Crippen LogP contribution in [0.5, 0.6) is 0 Å². The fraction of sp³-hybridized carbons (Fsp3) is 0.400. The molecule has 11 nitrogen and oxygen atoms in total. The van der Waals surface area contributed by atoms with E-state index in [1.165, 1.54) is 29.7 Å². The summed E-state index contributed by atoms with van der Waals surface area (Å²) < 4.78 is 0. The SMILES string of the molecule is CCNC(=O)C(CNC(=O)C(=O)Nc1ccc(Cl)cn1)NC(=O)c1nc2c(s1)CN(C)CC2. The molecule has 1 unspecified atom stereocenters. The van der Waals surface area contributed by atoms with E-state index in [2.05, 4.69) is 36.1 Å². The number of amides is 4. The lowest BCUT2D eigenvalue weighted by Gasteiger charge is -2.20. The van der Waals surface area contributed by atoms with Gasteiger partial charge in [-0.05, 0) is 26.1 Å². The number of halogens is 1. The van der Waals surface area contributed by atoms with Gasteiger partial charge < -0.3 is 26.2 Å². The molecule has 2 aromatic rings. The number of likely N-dealkylation sites (N-methyl/N-ethyl adjacent to an activating group) is 2. The molecular formula is C20H24ClN7O4S. The molecule has 0 aliphatic carbocycles. The molecule has 33 heavy (non-hydrogen) atoms. The first-order valence-corrected chi connectivity index (χ1v) is 11.4. The van der Waals surface area contributed by atoms with Crippen molar-refractivity contribution in [2.45, 2.75) is 25.9 Å². The van der Waals surface area contributed by atoms with Gasteiger partial charge in [0.25, 0.3) is 5.91 Å². The predicted molar refractivity (Wildman–Crippen MR) is 123 cm³/mol. The zero-order valence-corrected chi connectivity index (χ0v) is 19.7. The highest BCUT2D eigenvalue weighted by atomic mass is 35.5.